The predicted molar refractivity (Wildman–Crippen MR) is 99.6 cm³/mol. The smallest absolute Gasteiger partial charge is 0.349 e. The van der Waals surface area contributed by atoms with Crippen LogP contribution in [0.15, 0.2) is 49.2 Å². The summed E-state index contributed by atoms with van der Waals surface area (Å²) in [6.45, 7) is 0. The van der Waals surface area contributed by atoms with E-state index < -0.39 is 11.9 Å². The maximum absolute atomic E-state index is 13.1. The Labute approximate surface area is 161 Å². The molecule has 0 unspecified atom stereocenters. The summed E-state index contributed by atoms with van der Waals surface area (Å²) in [6.07, 6.45) is 2.20. The number of halogens is 3. The molecule has 5 aromatic heterocycles. The minimum atomic E-state index is -4.56. The molecular weight excluding hydrogens is 383 g/mol. The molecule has 5 aromatic rings. The van der Waals surface area contributed by atoms with Crippen molar-refractivity contribution in [3.05, 3.63) is 54.9 Å². The number of pyridine rings is 2. The van der Waals surface area contributed by atoms with E-state index in [1.54, 1.807) is 12.4 Å². The number of hydrogen-bond acceptors (Lipinski definition) is 5. The first-order valence-corrected chi connectivity index (χ1v) is 8.57. The van der Waals surface area contributed by atoms with Crippen LogP contribution in [0.2, 0.25) is 0 Å². The Kier molecular flexibility index (Phi) is 3.63. The largest absolute Gasteiger partial charge is 0.433 e. The first-order chi connectivity index (χ1) is 13.9. The van der Waals surface area contributed by atoms with Gasteiger partial charge in [-0.1, -0.05) is 6.07 Å². The predicted octanol–water partition coefficient (Wildman–Crippen LogP) is 3.99. The van der Waals surface area contributed by atoms with Crippen molar-refractivity contribution in [1.82, 2.24) is 34.5 Å². The lowest BCUT2D eigenvalue weighted by atomic mass is 10.1. The number of fused-ring (bicyclic) bond motifs is 2. The quantitative estimate of drug-likeness (QED) is 0.489. The van der Waals surface area contributed by atoms with Crippen LogP contribution < -0.4 is 0 Å². The Bertz CT molecular complexity index is 1370. The van der Waals surface area contributed by atoms with Crippen molar-refractivity contribution in [3.8, 4) is 22.8 Å². The van der Waals surface area contributed by atoms with Crippen molar-refractivity contribution in [2.75, 3.05) is 0 Å². The fraction of sp³-hybridized carbons (Fsp3) is 0.105. The molecule has 0 saturated carbocycles. The maximum Gasteiger partial charge on any atom is 0.433 e. The topological polar surface area (TPSA) is 85.2 Å². The van der Waals surface area contributed by atoms with Gasteiger partial charge in [0.2, 0.25) is 0 Å². The van der Waals surface area contributed by atoms with Gasteiger partial charge in [0.05, 0.1) is 18.0 Å². The summed E-state index contributed by atoms with van der Waals surface area (Å²) in [6, 6.07) is 5.50. The van der Waals surface area contributed by atoms with Gasteiger partial charge in [0, 0.05) is 30.4 Å². The lowest BCUT2D eigenvalue weighted by molar-refractivity contribution is -0.141. The van der Waals surface area contributed by atoms with Crippen LogP contribution in [0.5, 0.6) is 0 Å². The molecule has 0 aliphatic carbocycles. The number of H-pyrrole nitrogens is 1. The third-order valence-electron chi connectivity index (χ3n) is 4.60. The summed E-state index contributed by atoms with van der Waals surface area (Å²) in [7, 11) is 1.88. The van der Waals surface area contributed by atoms with Crippen molar-refractivity contribution in [2.24, 2.45) is 7.05 Å². The SMILES string of the molecule is Cn1cc(-c2nc(-c3cccc(C(F)(F)F)n3)nc3[nH]cnc23)c2ccncc21. The molecule has 0 fully saturated rings. The molecule has 0 amide bonds. The molecule has 0 saturated heterocycles. The molecule has 0 bridgehead atoms. The van der Waals surface area contributed by atoms with Gasteiger partial charge in [-0.05, 0) is 18.2 Å². The third kappa shape index (κ3) is 2.80. The van der Waals surface area contributed by atoms with Gasteiger partial charge in [0.15, 0.2) is 11.5 Å². The zero-order valence-corrected chi connectivity index (χ0v) is 14.9. The molecule has 0 radical (unpaired) electrons. The highest BCUT2D eigenvalue weighted by atomic mass is 19.4. The minimum Gasteiger partial charge on any atom is -0.349 e. The fourth-order valence-corrected chi connectivity index (χ4v) is 3.27. The van der Waals surface area contributed by atoms with Gasteiger partial charge in [-0.3, -0.25) is 4.98 Å². The first-order valence-electron chi connectivity index (χ1n) is 8.57. The zero-order valence-electron chi connectivity index (χ0n) is 14.9. The van der Waals surface area contributed by atoms with Gasteiger partial charge in [0.1, 0.15) is 22.6 Å². The second-order valence-electron chi connectivity index (χ2n) is 6.45. The van der Waals surface area contributed by atoms with E-state index in [2.05, 4.69) is 29.9 Å². The number of aromatic nitrogens is 7. The molecule has 0 aromatic carbocycles. The van der Waals surface area contributed by atoms with E-state index in [1.165, 1.54) is 18.5 Å². The minimum absolute atomic E-state index is 0.0273. The zero-order chi connectivity index (χ0) is 20.2. The first kappa shape index (κ1) is 17.3. The second kappa shape index (κ2) is 6.09. The number of alkyl halides is 3. The van der Waals surface area contributed by atoms with Crippen LogP contribution in [0.4, 0.5) is 13.2 Å². The number of nitrogens with zero attached hydrogens (tertiary/aromatic N) is 6. The second-order valence-corrected chi connectivity index (χ2v) is 6.45. The van der Waals surface area contributed by atoms with Crippen LogP contribution in [0.25, 0.3) is 44.8 Å². The van der Waals surface area contributed by atoms with Gasteiger partial charge in [0.25, 0.3) is 0 Å². The van der Waals surface area contributed by atoms with E-state index >= 15 is 0 Å². The van der Waals surface area contributed by atoms with Crippen LogP contribution in [0.1, 0.15) is 5.69 Å². The Morgan fingerprint density at radius 1 is 1.07 bits per heavy atom. The highest BCUT2D eigenvalue weighted by Crippen LogP contribution is 2.34. The summed E-state index contributed by atoms with van der Waals surface area (Å²) >= 11 is 0. The number of aromatic amines is 1. The molecule has 0 spiro atoms. The summed E-state index contributed by atoms with van der Waals surface area (Å²) in [4.78, 5) is 23.9. The molecule has 1 N–H and O–H groups in total. The van der Waals surface area contributed by atoms with Crippen molar-refractivity contribution in [2.45, 2.75) is 6.18 Å². The highest BCUT2D eigenvalue weighted by Gasteiger charge is 2.32. The number of hydrogen-bond donors (Lipinski definition) is 1. The molecule has 5 rings (SSSR count). The van der Waals surface area contributed by atoms with E-state index in [0.717, 1.165) is 22.5 Å². The van der Waals surface area contributed by atoms with Crippen LogP contribution in [0.3, 0.4) is 0 Å². The number of imidazole rings is 1. The maximum atomic E-state index is 13.1. The normalized spacial score (nSPS) is 12.1. The van der Waals surface area contributed by atoms with Crippen molar-refractivity contribution < 1.29 is 13.2 Å². The summed E-state index contributed by atoms with van der Waals surface area (Å²) in [5.74, 6) is 0.0777. The van der Waals surface area contributed by atoms with Crippen LogP contribution >= 0.6 is 0 Å². The summed E-state index contributed by atoms with van der Waals surface area (Å²) < 4.78 is 41.1. The molecular formula is C19H12F3N7. The molecule has 29 heavy (non-hydrogen) atoms. The highest BCUT2D eigenvalue weighted by molar-refractivity contribution is 6.01. The lowest BCUT2D eigenvalue weighted by Crippen LogP contribution is -2.08. The number of rotatable bonds is 2. The monoisotopic (exact) mass is 395 g/mol. The Morgan fingerprint density at radius 2 is 1.93 bits per heavy atom. The summed E-state index contributed by atoms with van der Waals surface area (Å²) in [5, 5.41) is 0.897. The number of nitrogens with one attached hydrogen (secondary N) is 1. The third-order valence-corrected chi connectivity index (χ3v) is 4.60. The van der Waals surface area contributed by atoms with Gasteiger partial charge in [-0.15, -0.1) is 0 Å². The molecule has 0 aliphatic heterocycles. The van der Waals surface area contributed by atoms with E-state index in [-0.39, 0.29) is 11.5 Å². The average Bonchev–Trinajstić information content (AvgIpc) is 3.32. The molecule has 144 valence electrons. The Hall–Kier alpha value is -3.82. The Morgan fingerprint density at radius 3 is 2.76 bits per heavy atom. The van der Waals surface area contributed by atoms with Gasteiger partial charge in [-0.2, -0.15) is 13.2 Å². The van der Waals surface area contributed by atoms with Crippen molar-refractivity contribution in [1.29, 1.82) is 0 Å². The van der Waals surface area contributed by atoms with E-state index in [1.807, 2.05) is 23.9 Å². The lowest BCUT2D eigenvalue weighted by Gasteiger charge is -2.08. The molecule has 0 aliphatic rings. The standard InChI is InChI=1S/C19H12F3N7/c1-29-8-11(10-5-6-23-7-13(10)29)15-16-18(25-9-24-16)28-17(27-15)12-3-2-4-14(26-12)19(20,21)22/h2-9H,1H3,(H,24,25,27,28). The van der Waals surface area contributed by atoms with Crippen LogP contribution in [-0.2, 0) is 13.2 Å². The van der Waals surface area contributed by atoms with E-state index in [0.29, 0.717) is 16.9 Å². The van der Waals surface area contributed by atoms with E-state index in [4.69, 9.17) is 0 Å². The van der Waals surface area contributed by atoms with Gasteiger partial charge >= 0.3 is 6.18 Å². The van der Waals surface area contributed by atoms with E-state index in [9.17, 15) is 13.2 Å². The van der Waals surface area contributed by atoms with Crippen molar-refractivity contribution >= 4 is 22.1 Å². The van der Waals surface area contributed by atoms with Crippen LogP contribution in [-0.4, -0.2) is 34.5 Å². The van der Waals surface area contributed by atoms with Crippen molar-refractivity contribution in [3.63, 3.8) is 0 Å². The van der Waals surface area contributed by atoms with Crippen LogP contribution in [0, 0.1) is 0 Å². The molecule has 7 nitrogen and oxygen atoms in total. The van der Waals surface area contributed by atoms with Gasteiger partial charge < -0.3 is 9.55 Å². The fourth-order valence-electron chi connectivity index (χ4n) is 3.27. The Balaban J connectivity index is 1.77. The molecule has 10 heteroatoms. The molecule has 0 atom stereocenters. The number of aryl methyl sites for hydroxylation is 1. The average molecular weight is 395 g/mol. The van der Waals surface area contributed by atoms with Gasteiger partial charge in [-0.25, -0.2) is 19.9 Å². The molecule has 5 heterocycles. The summed E-state index contributed by atoms with van der Waals surface area (Å²) in [5.41, 5.74) is 2.13.